The first-order chi connectivity index (χ1) is 13.5. The van der Waals surface area contributed by atoms with Crippen LogP contribution in [0.25, 0.3) is 10.9 Å². The second-order valence-corrected chi connectivity index (χ2v) is 7.35. The lowest BCUT2D eigenvalue weighted by Crippen LogP contribution is -2.32. The lowest BCUT2D eigenvalue weighted by Gasteiger charge is -2.25. The summed E-state index contributed by atoms with van der Waals surface area (Å²) in [5.41, 5.74) is 3.43. The predicted molar refractivity (Wildman–Crippen MR) is 106 cm³/mol. The van der Waals surface area contributed by atoms with Gasteiger partial charge in [-0.15, -0.1) is 0 Å². The summed E-state index contributed by atoms with van der Waals surface area (Å²) in [5, 5.41) is 8.22. The van der Waals surface area contributed by atoms with E-state index >= 15 is 0 Å². The van der Waals surface area contributed by atoms with E-state index in [0.717, 1.165) is 22.2 Å². The van der Waals surface area contributed by atoms with E-state index in [2.05, 4.69) is 15.4 Å². The van der Waals surface area contributed by atoms with Crippen LogP contribution in [-0.4, -0.2) is 45.1 Å². The largest absolute Gasteiger partial charge is 0.352 e. The number of aryl methyl sites for hydroxylation is 1. The van der Waals surface area contributed by atoms with Gasteiger partial charge in [-0.25, -0.2) is 0 Å². The highest BCUT2D eigenvalue weighted by Gasteiger charge is 2.40. The highest BCUT2D eigenvalue weighted by Crippen LogP contribution is 2.37. The maximum Gasteiger partial charge on any atom is 0.252 e. The number of carbonyl (C=O) groups is 2. The molecule has 2 atom stereocenters. The third-order valence-electron chi connectivity index (χ3n) is 5.66. The van der Waals surface area contributed by atoms with Gasteiger partial charge in [-0.3, -0.25) is 19.3 Å². The molecule has 1 aliphatic rings. The van der Waals surface area contributed by atoms with Crippen LogP contribution >= 0.6 is 0 Å². The number of carbonyl (C=O) groups excluding carboxylic acids is 2. The van der Waals surface area contributed by atoms with Crippen molar-refractivity contribution < 1.29 is 9.59 Å². The van der Waals surface area contributed by atoms with Gasteiger partial charge in [-0.05, 0) is 19.1 Å². The normalized spacial score (nSPS) is 19.4. The van der Waals surface area contributed by atoms with Crippen LogP contribution in [0.15, 0.2) is 42.7 Å². The first-order valence-electron chi connectivity index (χ1n) is 9.33. The van der Waals surface area contributed by atoms with Gasteiger partial charge in [0.25, 0.3) is 5.91 Å². The van der Waals surface area contributed by atoms with Crippen LogP contribution in [0.2, 0.25) is 0 Å². The number of likely N-dealkylation sites (tertiary alicyclic amines) is 1. The fourth-order valence-corrected chi connectivity index (χ4v) is 3.92. The molecule has 1 N–H and O–H groups in total. The van der Waals surface area contributed by atoms with Gasteiger partial charge >= 0.3 is 0 Å². The third kappa shape index (κ3) is 3.13. The second kappa shape index (κ2) is 7.07. The van der Waals surface area contributed by atoms with Crippen molar-refractivity contribution >= 4 is 22.7 Å². The zero-order valence-electron chi connectivity index (χ0n) is 16.2. The van der Waals surface area contributed by atoms with Crippen molar-refractivity contribution in [3.63, 3.8) is 0 Å². The van der Waals surface area contributed by atoms with Gasteiger partial charge in [0.05, 0.1) is 23.3 Å². The molecule has 2 amide bonds. The number of aromatic nitrogens is 3. The van der Waals surface area contributed by atoms with Crippen LogP contribution in [0.5, 0.6) is 0 Å². The molecule has 3 heterocycles. The fourth-order valence-electron chi connectivity index (χ4n) is 3.92. The van der Waals surface area contributed by atoms with E-state index in [1.54, 1.807) is 11.1 Å². The Morgan fingerprint density at radius 3 is 2.79 bits per heavy atom. The minimum Gasteiger partial charge on any atom is -0.352 e. The molecule has 0 aliphatic carbocycles. The molecule has 1 aromatic carbocycles. The van der Waals surface area contributed by atoms with Gasteiger partial charge < -0.3 is 10.2 Å². The van der Waals surface area contributed by atoms with Gasteiger partial charge in [-0.2, -0.15) is 5.10 Å². The molecule has 1 saturated heterocycles. The van der Waals surface area contributed by atoms with E-state index in [1.807, 2.05) is 62.2 Å². The second-order valence-electron chi connectivity index (χ2n) is 7.35. The molecule has 7 heteroatoms. The summed E-state index contributed by atoms with van der Waals surface area (Å²) < 4.78 is 1.81. The minimum absolute atomic E-state index is 0.00207. The SMILES string of the molecule is Cc1c([C@@H]2[C@@H](CNC(=O)c3cnc4ccccc4c3)CC(=O)N2C)cnn1C. The Morgan fingerprint density at radius 1 is 1.25 bits per heavy atom. The Kier molecular flexibility index (Phi) is 4.58. The van der Waals surface area contributed by atoms with Gasteiger partial charge in [0.1, 0.15) is 0 Å². The number of pyridine rings is 1. The number of nitrogens with zero attached hydrogens (tertiary/aromatic N) is 4. The van der Waals surface area contributed by atoms with E-state index < -0.39 is 0 Å². The van der Waals surface area contributed by atoms with Gasteiger partial charge in [0, 0.05) is 55.8 Å². The molecule has 0 unspecified atom stereocenters. The van der Waals surface area contributed by atoms with E-state index in [1.165, 1.54) is 0 Å². The quantitative estimate of drug-likeness (QED) is 0.756. The molecular weight excluding hydrogens is 354 g/mol. The Balaban J connectivity index is 1.51. The van der Waals surface area contributed by atoms with Crippen LogP contribution in [-0.2, 0) is 11.8 Å². The molecule has 0 spiro atoms. The number of para-hydroxylation sites is 1. The van der Waals surface area contributed by atoms with Crippen LogP contribution in [0.4, 0.5) is 0 Å². The molecule has 0 saturated carbocycles. The number of amides is 2. The van der Waals surface area contributed by atoms with E-state index in [-0.39, 0.29) is 23.8 Å². The van der Waals surface area contributed by atoms with Crippen molar-refractivity contribution in [3.05, 3.63) is 59.5 Å². The number of hydrogen-bond donors (Lipinski definition) is 1. The summed E-state index contributed by atoms with van der Waals surface area (Å²) >= 11 is 0. The van der Waals surface area contributed by atoms with E-state index in [9.17, 15) is 9.59 Å². The Morgan fingerprint density at radius 2 is 2.04 bits per heavy atom. The van der Waals surface area contributed by atoms with Crippen molar-refractivity contribution in [2.24, 2.45) is 13.0 Å². The molecule has 1 fully saturated rings. The summed E-state index contributed by atoms with van der Waals surface area (Å²) in [5.74, 6) is -0.0976. The topological polar surface area (TPSA) is 80.1 Å². The van der Waals surface area contributed by atoms with Crippen molar-refractivity contribution in [2.45, 2.75) is 19.4 Å². The first-order valence-corrected chi connectivity index (χ1v) is 9.33. The number of fused-ring (bicyclic) bond motifs is 1. The lowest BCUT2D eigenvalue weighted by atomic mass is 9.94. The zero-order chi connectivity index (χ0) is 19.8. The molecular formula is C21H23N5O2. The van der Waals surface area contributed by atoms with Crippen LogP contribution in [0.1, 0.15) is 34.1 Å². The fraction of sp³-hybridized carbons (Fsp3) is 0.333. The van der Waals surface area contributed by atoms with Gasteiger partial charge in [0.2, 0.25) is 5.91 Å². The maximum atomic E-state index is 12.7. The van der Waals surface area contributed by atoms with Crippen molar-refractivity contribution in [1.29, 1.82) is 0 Å². The van der Waals surface area contributed by atoms with Gasteiger partial charge in [0.15, 0.2) is 0 Å². The van der Waals surface area contributed by atoms with Crippen LogP contribution in [0, 0.1) is 12.8 Å². The lowest BCUT2D eigenvalue weighted by molar-refractivity contribution is -0.127. The van der Waals surface area contributed by atoms with Crippen molar-refractivity contribution in [2.75, 3.05) is 13.6 Å². The maximum absolute atomic E-state index is 12.7. The molecule has 7 nitrogen and oxygen atoms in total. The minimum atomic E-state index is -0.179. The predicted octanol–water partition coefficient (Wildman–Crippen LogP) is 2.23. The molecule has 28 heavy (non-hydrogen) atoms. The Hall–Kier alpha value is -3.22. The molecule has 3 aromatic rings. The molecule has 2 aromatic heterocycles. The molecule has 1 aliphatic heterocycles. The number of rotatable bonds is 4. The monoisotopic (exact) mass is 377 g/mol. The summed E-state index contributed by atoms with van der Waals surface area (Å²) in [6, 6.07) is 9.45. The van der Waals surface area contributed by atoms with Crippen molar-refractivity contribution in [1.82, 2.24) is 25.0 Å². The number of nitrogens with one attached hydrogen (secondary N) is 1. The van der Waals surface area contributed by atoms with Crippen LogP contribution < -0.4 is 5.32 Å². The van der Waals surface area contributed by atoms with Gasteiger partial charge in [-0.1, -0.05) is 18.2 Å². The first kappa shape index (κ1) is 18.2. The Bertz CT molecular complexity index is 1060. The summed E-state index contributed by atoms with van der Waals surface area (Å²) in [6.45, 7) is 2.41. The summed E-state index contributed by atoms with van der Waals surface area (Å²) in [4.78, 5) is 31.1. The molecule has 4 rings (SSSR count). The smallest absolute Gasteiger partial charge is 0.252 e. The van der Waals surface area contributed by atoms with Crippen LogP contribution in [0.3, 0.4) is 0 Å². The third-order valence-corrected chi connectivity index (χ3v) is 5.66. The average molecular weight is 377 g/mol. The zero-order valence-corrected chi connectivity index (χ0v) is 16.2. The average Bonchev–Trinajstić information content (AvgIpc) is 3.18. The molecule has 0 radical (unpaired) electrons. The Labute approximate surface area is 163 Å². The van der Waals surface area contributed by atoms with E-state index in [4.69, 9.17) is 0 Å². The number of hydrogen-bond acceptors (Lipinski definition) is 4. The highest BCUT2D eigenvalue weighted by molar-refractivity contribution is 5.97. The highest BCUT2D eigenvalue weighted by atomic mass is 16.2. The van der Waals surface area contributed by atoms with Crippen molar-refractivity contribution in [3.8, 4) is 0 Å². The standard InChI is InChI=1S/C21H23N5O2/c1-13-17(12-24-26(13)3)20-15(9-19(27)25(20)2)10-23-21(28)16-8-14-6-4-5-7-18(14)22-11-16/h4-8,11-12,15,20H,9-10H2,1-3H3,(H,23,28)/t15-,20+/m1/s1. The number of benzene rings is 1. The van der Waals surface area contributed by atoms with E-state index in [0.29, 0.717) is 18.5 Å². The molecule has 144 valence electrons. The molecule has 0 bridgehead atoms. The summed E-state index contributed by atoms with van der Waals surface area (Å²) in [7, 11) is 3.70. The summed E-state index contributed by atoms with van der Waals surface area (Å²) in [6.07, 6.45) is 3.81.